The Kier molecular flexibility index (Phi) is 5.93. The molecule has 2 N–H and O–H groups in total. The number of nitrogens with two attached hydrogens (primary N) is 1. The van der Waals surface area contributed by atoms with E-state index in [1.165, 1.54) is 10.3 Å². The van der Waals surface area contributed by atoms with Crippen molar-refractivity contribution in [2.45, 2.75) is 18.8 Å². The molecule has 1 saturated heterocycles. The van der Waals surface area contributed by atoms with E-state index in [0.29, 0.717) is 11.7 Å². The number of thiophene rings is 1. The van der Waals surface area contributed by atoms with Gasteiger partial charge < -0.3 is 10.5 Å². The molecule has 4 aromatic rings. The molecule has 0 radical (unpaired) electrons. The second kappa shape index (κ2) is 9.15. The number of rotatable bonds is 6. The number of benzene rings is 2. The molecule has 1 fully saturated rings. The molecule has 0 unspecified atom stereocenters. The monoisotopic (exact) mass is 441 g/mol. The predicted octanol–water partition coefficient (Wildman–Crippen LogP) is 6.70. The quantitative estimate of drug-likeness (QED) is 0.338. The second-order valence-corrected chi connectivity index (χ2v) is 9.13. The first kappa shape index (κ1) is 20.7. The number of nitrogens with zero attached hydrogens (tertiary/aromatic N) is 2. The zero-order chi connectivity index (χ0) is 21.9. The fraction of sp³-hybridized carbons (Fsp3) is 0.222. The summed E-state index contributed by atoms with van der Waals surface area (Å²) in [6, 6.07) is 18.0. The molecule has 0 saturated carbocycles. The van der Waals surface area contributed by atoms with Crippen molar-refractivity contribution in [3.63, 3.8) is 0 Å². The van der Waals surface area contributed by atoms with Crippen LogP contribution in [0, 0.1) is 0 Å². The standard InChI is InChI=1S/C27H27N3OS/c1-2-14-30-15-12-20(13-16-30)23-17-29-27(28)25-24(18-32-26(23)25)19-8-10-22(11-9-19)31-21-6-4-3-5-7-21/h2-11,17-18,20H,1,12-16H2,(H2,28,29). The van der Waals surface area contributed by atoms with Gasteiger partial charge >= 0.3 is 0 Å². The summed E-state index contributed by atoms with van der Waals surface area (Å²) in [5, 5.41) is 3.30. The number of aromatic nitrogens is 1. The summed E-state index contributed by atoms with van der Waals surface area (Å²) in [5.41, 5.74) is 10.00. The lowest BCUT2D eigenvalue weighted by atomic mass is 9.89. The van der Waals surface area contributed by atoms with Gasteiger partial charge in [-0.05, 0) is 72.6 Å². The number of para-hydroxylation sites is 1. The van der Waals surface area contributed by atoms with E-state index in [4.69, 9.17) is 10.5 Å². The van der Waals surface area contributed by atoms with E-state index >= 15 is 0 Å². The maximum absolute atomic E-state index is 6.38. The van der Waals surface area contributed by atoms with Crippen LogP contribution < -0.4 is 10.5 Å². The third kappa shape index (κ3) is 4.14. The highest BCUT2D eigenvalue weighted by Crippen LogP contribution is 2.42. The molecule has 0 bridgehead atoms. The van der Waals surface area contributed by atoms with Crippen LogP contribution in [-0.2, 0) is 0 Å². The van der Waals surface area contributed by atoms with Crippen LogP contribution in [-0.4, -0.2) is 29.5 Å². The van der Waals surface area contributed by atoms with Crippen LogP contribution in [0.2, 0.25) is 0 Å². The molecule has 1 aliphatic heterocycles. The maximum atomic E-state index is 6.38. The summed E-state index contributed by atoms with van der Waals surface area (Å²) in [6.45, 7) is 7.04. The number of likely N-dealkylation sites (tertiary alicyclic amines) is 1. The number of anilines is 1. The van der Waals surface area contributed by atoms with Crippen LogP contribution in [0.25, 0.3) is 21.2 Å². The Labute approximate surface area is 193 Å². The lowest BCUT2D eigenvalue weighted by Gasteiger charge is -2.31. The molecule has 1 aliphatic rings. The van der Waals surface area contributed by atoms with Gasteiger partial charge in [0.2, 0.25) is 0 Å². The zero-order valence-electron chi connectivity index (χ0n) is 18.0. The van der Waals surface area contributed by atoms with Crippen LogP contribution in [0.5, 0.6) is 11.5 Å². The average Bonchev–Trinajstić information content (AvgIpc) is 3.28. The molecule has 0 spiro atoms. The van der Waals surface area contributed by atoms with Crippen molar-refractivity contribution in [1.29, 1.82) is 0 Å². The zero-order valence-corrected chi connectivity index (χ0v) is 18.9. The summed E-state index contributed by atoms with van der Waals surface area (Å²) >= 11 is 1.78. The minimum atomic E-state index is 0.528. The van der Waals surface area contributed by atoms with Gasteiger partial charge in [-0.2, -0.15) is 0 Å². The van der Waals surface area contributed by atoms with Crippen LogP contribution in [0.3, 0.4) is 0 Å². The number of hydrogen-bond donors (Lipinski definition) is 1. The Morgan fingerprint density at radius 3 is 2.50 bits per heavy atom. The SMILES string of the molecule is C=CCN1CCC(c2cnc(N)c3c(-c4ccc(Oc5ccccc5)cc4)csc23)CC1. The highest BCUT2D eigenvalue weighted by atomic mass is 32.1. The third-order valence-electron chi connectivity index (χ3n) is 6.21. The largest absolute Gasteiger partial charge is 0.457 e. The highest BCUT2D eigenvalue weighted by Gasteiger charge is 2.24. The van der Waals surface area contributed by atoms with Gasteiger partial charge in [0.05, 0.1) is 0 Å². The summed E-state index contributed by atoms with van der Waals surface area (Å²) in [4.78, 5) is 7.06. The van der Waals surface area contributed by atoms with Crippen molar-refractivity contribution in [3.05, 3.63) is 84.4 Å². The molecule has 3 heterocycles. The maximum Gasteiger partial charge on any atom is 0.132 e. The second-order valence-electron chi connectivity index (χ2n) is 8.26. The Morgan fingerprint density at radius 1 is 1.06 bits per heavy atom. The summed E-state index contributed by atoms with van der Waals surface area (Å²) in [7, 11) is 0. The minimum Gasteiger partial charge on any atom is -0.457 e. The molecule has 0 amide bonds. The van der Waals surface area contributed by atoms with Crippen molar-refractivity contribution in [1.82, 2.24) is 9.88 Å². The van der Waals surface area contributed by atoms with Crippen LogP contribution >= 0.6 is 11.3 Å². The first-order valence-corrected chi connectivity index (χ1v) is 11.9. The number of fused-ring (bicyclic) bond motifs is 1. The van der Waals surface area contributed by atoms with Gasteiger partial charge in [-0.1, -0.05) is 36.4 Å². The van der Waals surface area contributed by atoms with E-state index in [2.05, 4.69) is 34.0 Å². The van der Waals surface area contributed by atoms with E-state index in [-0.39, 0.29) is 0 Å². The number of nitrogen functional groups attached to an aromatic ring is 1. The lowest BCUT2D eigenvalue weighted by Crippen LogP contribution is -2.33. The number of pyridine rings is 1. The molecule has 0 aliphatic carbocycles. The fourth-order valence-electron chi connectivity index (χ4n) is 4.53. The Bertz CT molecular complexity index is 1210. The van der Waals surface area contributed by atoms with Gasteiger partial charge in [-0.25, -0.2) is 4.98 Å². The van der Waals surface area contributed by atoms with Crippen molar-refractivity contribution in [2.75, 3.05) is 25.4 Å². The van der Waals surface area contributed by atoms with Crippen molar-refractivity contribution >= 4 is 27.2 Å². The number of hydrogen-bond acceptors (Lipinski definition) is 5. The summed E-state index contributed by atoms with van der Waals surface area (Å²) < 4.78 is 7.22. The predicted molar refractivity (Wildman–Crippen MR) is 135 cm³/mol. The Morgan fingerprint density at radius 2 is 1.78 bits per heavy atom. The van der Waals surface area contributed by atoms with Gasteiger partial charge in [0.15, 0.2) is 0 Å². The minimum absolute atomic E-state index is 0.528. The Hall–Kier alpha value is -3.15. The number of piperidine rings is 1. The molecule has 0 atom stereocenters. The van der Waals surface area contributed by atoms with Crippen molar-refractivity contribution in [3.8, 4) is 22.6 Å². The van der Waals surface area contributed by atoms with Crippen molar-refractivity contribution in [2.24, 2.45) is 0 Å². The highest BCUT2D eigenvalue weighted by molar-refractivity contribution is 7.18. The third-order valence-corrected chi connectivity index (χ3v) is 7.24. The number of ether oxygens (including phenoxy) is 1. The van der Waals surface area contributed by atoms with Gasteiger partial charge in [-0.15, -0.1) is 17.9 Å². The molecule has 4 nitrogen and oxygen atoms in total. The summed E-state index contributed by atoms with van der Waals surface area (Å²) in [5.74, 6) is 2.78. The average molecular weight is 442 g/mol. The van der Waals surface area contributed by atoms with Gasteiger partial charge in [0, 0.05) is 28.4 Å². The molecule has 2 aromatic heterocycles. The first-order chi connectivity index (χ1) is 15.7. The van der Waals surface area contributed by atoms with Crippen LogP contribution in [0.15, 0.2) is 78.8 Å². The van der Waals surface area contributed by atoms with E-state index < -0.39 is 0 Å². The summed E-state index contributed by atoms with van der Waals surface area (Å²) in [6.07, 6.45) is 6.29. The molecule has 5 rings (SSSR count). The fourth-order valence-corrected chi connectivity index (χ4v) is 5.70. The van der Waals surface area contributed by atoms with Gasteiger partial charge in [0.25, 0.3) is 0 Å². The molecule has 2 aromatic carbocycles. The van der Waals surface area contributed by atoms with Gasteiger partial charge in [-0.3, -0.25) is 4.90 Å². The van der Waals surface area contributed by atoms with Crippen LogP contribution in [0.1, 0.15) is 24.3 Å². The lowest BCUT2D eigenvalue weighted by molar-refractivity contribution is 0.233. The molecular formula is C27H27N3OS. The van der Waals surface area contributed by atoms with E-state index in [0.717, 1.165) is 60.5 Å². The van der Waals surface area contributed by atoms with E-state index in [1.54, 1.807) is 11.3 Å². The molecule has 32 heavy (non-hydrogen) atoms. The van der Waals surface area contributed by atoms with E-state index in [1.807, 2.05) is 54.7 Å². The molecular weight excluding hydrogens is 414 g/mol. The van der Waals surface area contributed by atoms with E-state index in [9.17, 15) is 0 Å². The van der Waals surface area contributed by atoms with Crippen molar-refractivity contribution < 1.29 is 4.74 Å². The smallest absolute Gasteiger partial charge is 0.132 e. The Balaban J connectivity index is 1.42. The topological polar surface area (TPSA) is 51.4 Å². The van der Waals surface area contributed by atoms with Crippen LogP contribution in [0.4, 0.5) is 5.82 Å². The molecule has 162 valence electrons. The normalized spacial score (nSPS) is 15.1. The molecule has 5 heteroatoms. The van der Waals surface area contributed by atoms with Gasteiger partial charge in [0.1, 0.15) is 17.3 Å². The first-order valence-electron chi connectivity index (χ1n) is 11.0.